The first-order chi connectivity index (χ1) is 13.6. The van der Waals surface area contributed by atoms with Crippen molar-refractivity contribution in [2.75, 3.05) is 38.5 Å². The number of carbonyl (C=O) groups excluding carboxylic acids is 1. The minimum Gasteiger partial charge on any atom is -0.356 e. The van der Waals surface area contributed by atoms with Crippen molar-refractivity contribution in [3.63, 3.8) is 0 Å². The summed E-state index contributed by atoms with van der Waals surface area (Å²) in [5, 5.41) is 9.65. The quantitative estimate of drug-likeness (QED) is 0.203. The molecule has 6 nitrogen and oxygen atoms in total. The number of amides is 1. The lowest BCUT2D eigenvalue weighted by atomic mass is 9.99. The van der Waals surface area contributed by atoms with E-state index in [0.717, 1.165) is 49.1 Å². The number of aliphatic imine (C=N–C) groups is 1. The fourth-order valence-corrected chi connectivity index (χ4v) is 3.36. The summed E-state index contributed by atoms with van der Waals surface area (Å²) in [6, 6.07) is 7.94. The van der Waals surface area contributed by atoms with E-state index in [1.807, 2.05) is 31.2 Å². The Labute approximate surface area is 193 Å². The number of likely N-dealkylation sites (tertiary alicyclic amines) is 1. The van der Waals surface area contributed by atoms with Gasteiger partial charge in [0.05, 0.1) is 0 Å². The third kappa shape index (κ3) is 10.3. The molecule has 0 unspecified atom stereocenters. The van der Waals surface area contributed by atoms with E-state index in [1.54, 1.807) is 7.05 Å². The second-order valence-corrected chi connectivity index (χ2v) is 7.73. The number of nitrogens with one attached hydrogen (secondary N) is 3. The summed E-state index contributed by atoms with van der Waals surface area (Å²) in [7, 11) is 1.80. The van der Waals surface area contributed by atoms with Crippen LogP contribution in [-0.2, 0) is 11.3 Å². The topological polar surface area (TPSA) is 68.8 Å². The van der Waals surface area contributed by atoms with Gasteiger partial charge in [0.1, 0.15) is 0 Å². The van der Waals surface area contributed by atoms with Crippen LogP contribution < -0.4 is 16.0 Å². The summed E-state index contributed by atoms with van der Waals surface area (Å²) in [6.45, 7) is 9.61. The van der Waals surface area contributed by atoms with Crippen molar-refractivity contribution in [3.8, 4) is 0 Å². The molecule has 0 aliphatic carbocycles. The Morgan fingerprint density at radius 2 is 1.86 bits per heavy atom. The van der Waals surface area contributed by atoms with Gasteiger partial charge in [0.25, 0.3) is 0 Å². The molecule has 0 radical (unpaired) electrons. The standard InChI is InChI=1S/C22H37N5O.HI/c1-4-6-21(28)26-20-9-7-19(8-10-20)17-25-22(23-3)24-13-5-14-27-15-11-18(2)12-16-27;/h7-10,18H,4-6,11-17H2,1-3H3,(H,26,28)(H2,23,24,25);1H. The van der Waals surface area contributed by atoms with Crippen molar-refractivity contribution in [2.45, 2.75) is 52.5 Å². The monoisotopic (exact) mass is 515 g/mol. The number of halogens is 1. The van der Waals surface area contributed by atoms with E-state index in [-0.39, 0.29) is 29.9 Å². The van der Waals surface area contributed by atoms with E-state index < -0.39 is 0 Å². The van der Waals surface area contributed by atoms with Gasteiger partial charge in [0, 0.05) is 32.2 Å². The normalized spacial score (nSPS) is 15.5. The molecule has 1 heterocycles. The second-order valence-electron chi connectivity index (χ2n) is 7.73. The van der Waals surface area contributed by atoms with E-state index in [0.29, 0.717) is 13.0 Å². The van der Waals surface area contributed by atoms with Crippen LogP contribution in [0.4, 0.5) is 5.69 Å². The molecule has 29 heavy (non-hydrogen) atoms. The second kappa shape index (κ2) is 14.6. The Bertz CT molecular complexity index is 612. The Hall–Kier alpha value is -1.35. The Kier molecular flexibility index (Phi) is 12.9. The van der Waals surface area contributed by atoms with Crippen molar-refractivity contribution in [3.05, 3.63) is 29.8 Å². The predicted octanol–water partition coefficient (Wildman–Crippen LogP) is 3.83. The maximum atomic E-state index is 11.6. The van der Waals surface area contributed by atoms with Crippen LogP contribution in [0.5, 0.6) is 0 Å². The number of piperidine rings is 1. The molecule has 0 bridgehead atoms. The number of anilines is 1. The molecule has 1 aliphatic rings. The third-order valence-electron chi connectivity index (χ3n) is 5.22. The smallest absolute Gasteiger partial charge is 0.224 e. The van der Waals surface area contributed by atoms with E-state index in [1.165, 1.54) is 25.9 Å². The molecule has 1 aromatic rings. The van der Waals surface area contributed by atoms with Gasteiger partial charge in [0.15, 0.2) is 5.96 Å². The molecule has 164 valence electrons. The summed E-state index contributed by atoms with van der Waals surface area (Å²) >= 11 is 0. The zero-order valence-corrected chi connectivity index (χ0v) is 20.5. The van der Waals surface area contributed by atoms with Crippen LogP contribution in [0.1, 0.15) is 51.5 Å². The highest BCUT2D eigenvalue weighted by Gasteiger charge is 2.14. The zero-order chi connectivity index (χ0) is 20.2. The van der Waals surface area contributed by atoms with Crippen molar-refractivity contribution in [1.82, 2.24) is 15.5 Å². The summed E-state index contributed by atoms with van der Waals surface area (Å²) in [6.07, 6.45) is 5.20. The number of nitrogens with zero attached hydrogens (tertiary/aromatic N) is 2. The molecule has 0 spiro atoms. The van der Waals surface area contributed by atoms with E-state index in [9.17, 15) is 4.79 Å². The Morgan fingerprint density at radius 3 is 2.48 bits per heavy atom. The number of hydrogen-bond donors (Lipinski definition) is 3. The van der Waals surface area contributed by atoms with Crippen molar-refractivity contribution >= 4 is 41.5 Å². The van der Waals surface area contributed by atoms with Crippen LogP contribution in [-0.4, -0.2) is 50.0 Å². The largest absolute Gasteiger partial charge is 0.356 e. The van der Waals surface area contributed by atoms with Gasteiger partial charge in [-0.15, -0.1) is 24.0 Å². The zero-order valence-electron chi connectivity index (χ0n) is 18.2. The molecular weight excluding hydrogens is 477 g/mol. The highest BCUT2D eigenvalue weighted by Crippen LogP contribution is 2.15. The highest BCUT2D eigenvalue weighted by molar-refractivity contribution is 14.0. The molecule has 1 aliphatic heterocycles. The highest BCUT2D eigenvalue weighted by atomic mass is 127. The lowest BCUT2D eigenvalue weighted by Crippen LogP contribution is -2.39. The third-order valence-corrected chi connectivity index (χ3v) is 5.22. The Morgan fingerprint density at radius 1 is 1.17 bits per heavy atom. The van der Waals surface area contributed by atoms with Crippen LogP contribution in [0.25, 0.3) is 0 Å². The molecule has 0 saturated carbocycles. The molecule has 3 N–H and O–H groups in total. The van der Waals surface area contributed by atoms with Crippen molar-refractivity contribution < 1.29 is 4.79 Å². The summed E-state index contributed by atoms with van der Waals surface area (Å²) in [5.41, 5.74) is 2.00. The van der Waals surface area contributed by atoms with Gasteiger partial charge in [-0.05, 0) is 68.9 Å². The number of carbonyl (C=O) groups is 1. The van der Waals surface area contributed by atoms with Crippen molar-refractivity contribution in [1.29, 1.82) is 0 Å². The first kappa shape index (κ1) is 25.7. The van der Waals surface area contributed by atoms with Gasteiger partial charge in [-0.2, -0.15) is 0 Å². The lowest BCUT2D eigenvalue weighted by molar-refractivity contribution is -0.116. The molecule has 0 aromatic heterocycles. The first-order valence-corrected chi connectivity index (χ1v) is 10.7. The van der Waals surface area contributed by atoms with Crippen LogP contribution in [0.15, 0.2) is 29.3 Å². The van der Waals surface area contributed by atoms with Crippen LogP contribution in [0, 0.1) is 5.92 Å². The van der Waals surface area contributed by atoms with E-state index in [2.05, 4.69) is 32.8 Å². The molecule has 1 amide bonds. The number of guanidine groups is 1. The predicted molar refractivity (Wildman–Crippen MR) is 133 cm³/mol. The maximum Gasteiger partial charge on any atom is 0.224 e. The van der Waals surface area contributed by atoms with Gasteiger partial charge in [-0.3, -0.25) is 9.79 Å². The van der Waals surface area contributed by atoms with Crippen LogP contribution in [0.3, 0.4) is 0 Å². The fraction of sp³-hybridized carbons (Fsp3) is 0.636. The lowest BCUT2D eigenvalue weighted by Gasteiger charge is -2.30. The molecule has 7 heteroatoms. The fourth-order valence-electron chi connectivity index (χ4n) is 3.36. The van der Waals surface area contributed by atoms with Gasteiger partial charge in [-0.1, -0.05) is 26.0 Å². The summed E-state index contributed by atoms with van der Waals surface area (Å²) < 4.78 is 0. The van der Waals surface area contributed by atoms with Gasteiger partial charge in [0.2, 0.25) is 5.91 Å². The first-order valence-electron chi connectivity index (χ1n) is 10.7. The minimum absolute atomic E-state index is 0. The van der Waals surface area contributed by atoms with Crippen LogP contribution in [0.2, 0.25) is 0 Å². The van der Waals surface area contributed by atoms with E-state index >= 15 is 0 Å². The molecule has 1 fully saturated rings. The summed E-state index contributed by atoms with van der Waals surface area (Å²) in [5.74, 6) is 1.78. The van der Waals surface area contributed by atoms with Crippen LogP contribution >= 0.6 is 24.0 Å². The maximum absolute atomic E-state index is 11.6. The van der Waals surface area contributed by atoms with Gasteiger partial charge in [-0.25, -0.2) is 0 Å². The average Bonchev–Trinajstić information content (AvgIpc) is 2.70. The van der Waals surface area contributed by atoms with Crippen molar-refractivity contribution in [2.24, 2.45) is 10.9 Å². The molecule has 1 aromatic carbocycles. The number of benzene rings is 1. The minimum atomic E-state index is 0. The average molecular weight is 515 g/mol. The molecular formula is C22H38IN5O. The Balaban J connectivity index is 0.00000420. The SMILES string of the molecule is CCCC(=O)Nc1ccc(CNC(=NC)NCCCN2CCC(C)CC2)cc1.I. The van der Waals surface area contributed by atoms with E-state index in [4.69, 9.17) is 0 Å². The molecule has 1 saturated heterocycles. The number of rotatable bonds is 9. The van der Waals surface area contributed by atoms with Gasteiger partial charge < -0.3 is 20.9 Å². The molecule has 0 atom stereocenters. The molecule has 2 rings (SSSR count). The number of hydrogen-bond acceptors (Lipinski definition) is 3. The summed E-state index contributed by atoms with van der Waals surface area (Å²) in [4.78, 5) is 18.5. The van der Waals surface area contributed by atoms with Gasteiger partial charge >= 0.3 is 0 Å².